The summed E-state index contributed by atoms with van der Waals surface area (Å²) >= 11 is 0. The molecular weight excluding hydrogens is 364 g/mol. The number of fused-ring (bicyclic) bond motifs is 1. The minimum absolute atomic E-state index is 0.0131. The zero-order valence-electron chi connectivity index (χ0n) is 15.1. The normalized spacial score (nSPS) is 23.5. The van der Waals surface area contributed by atoms with Gasteiger partial charge in [0.15, 0.2) is 5.65 Å². The SMILES string of the molecule is O=C1NC(=O)/C(=C/c2cnn3c(NC4CC4)nc(N4CCC[C@H]4CO)nc23)N1. The third-order valence-corrected chi connectivity index (χ3v) is 5.16. The number of hydrogen-bond donors (Lipinski definition) is 4. The van der Waals surface area contributed by atoms with Crippen molar-refractivity contribution in [2.45, 2.75) is 37.8 Å². The molecule has 146 valence electrons. The van der Waals surface area contributed by atoms with Gasteiger partial charge in [0.2, 0.25) is 11.9 Å². The van der Waals surface area contributed by atoms with Gasteiger partial charge in [0, 0.05) is 18.2 Å². The van der Waals surface area contributed by atoms with Crippen LogP contribution < -0.4 is 20.9 Å². The van der Waals surface area contributed by atoms with Crippen LogP contribution in [-0.2, 0) is 4.79 Å². The number of carbonyl (C=O) groups is 2. The highest BCUT2D eigenvalue weighted by Gasteiger charge is 2.30. The van der Waals surface area contributed by atoms with E-state index < -0.39 is 11.9 Å². The number of nitrogens with zero attached hydrogens (tertiary/aromatic N) is 5. The molecule has 1 aliphatic carbocycles. The Labute approximate surface area is 159 Å². The molecule has 2 aliphatic heterocycles. The Bertz CT molecular complexity index is 996. The molecular formula is C17H20N8O3. The first-order valence-corrected chi connectivity index (χ1v) is 9.36. The molecule has 0 unspecified atom stereocenters. The summed E-state index contributed by atoms with van der Waals surface area (Å²) in [5, 5.41) is 22.1. The van der Waals surface area contributed by atoms with Crippen molar-refractivity contribution < 1.29 is 14.7 Å². The Morgan fingerprint density at radius 2 is 2.11 bits per heavy atom. The Balaban J connectivity index is 1.60. The molecule has 11 nitrogen and oxygen atoms in total. The van der Waals surface area contributed by atoms with Crippen LogP contribution in [0, 0.1) is 0 Å². The van der Waals surface area contributed by atoms with Crippen molar-refractivity contribution in [1.82, 2.24) is 30.2 Å². The number of anilines is 2. The van der Waals surface area contributed by atoms with Gasteiger partial charge in [-0.15, -0.1) is 0 Å². The van der Waals surface area contributed by atoms with Gasteiger partial charge in [-0.05, 0) is 31.8 Å². The first-order chi connectivity index (χ1) is 13.6. The smallest absolute Gasteiger partial charge is 0.326 e. The van der Waals surface area contributed by atoms with E-state index in [9.17, 15) is 14.7 Å². The number of aromatic nitrogens is 4. The Hall–Kier alpha value is -3.21. The van der Waals surface area contributed by atoms with Crippen LogP contribution in [-0.4, -0.2) is 61.9 Å². The van der Waals surface area contributed by atoms with E-state index in [0.29, 0.717) is 29.1 Å². The van der Waals surface area contributed by atoms with Crippen LogP contribution in [0.1, 0.15) is 31.2 Å². The Morgan fingerprint density at radius 1 is 1.25 bits per heavy atom. The molecule has 2 aromatic rings. The summed E-state index contributed by atoms with van der Waals surface area (Å²) in [4.78, 5) is 34.5. The summed E-state index contributed by atoms with van der Waals surface area (Å²) in [6, 6.07) is -0.202. The number of aliphatic hydroxyl groups excluding tert-OH is 1. The summed E-state index contributed by atoms with van der Waals surface area (Å²) in [6.45, 7) is 0.815. The first-order valence-electron chi connectivity index (χ1n) is 9.36. The fourth-order valence-corrected chi connectivity index (χ4v) is 3.54. The van der Waals surface area contributed by atoms with E-state index in [-0.39, 0.29) is 18.3 Å². The predicted molar refractivity (Wildman–Crippen MR) is 99.5 cm³/mol. The van der Waals surface area contributed by atoms with E-state index in [1.54, 1.807) is 16.8 Å². The summed E-state index contributed by atoms with van der Waals surface area (Å²) < 4.78 is 1.60. The molecule has 3 fully saturated rings. The van der Waals surface area contributed by atoms with Crippen molar-refractivity contribution in [3.05, 3.63) is 17.5 Å². The zero-order valence-corrected chi connectivity index (χ0v) is 15.1. The largest absolute Gasteiger partial charge is 0.394 e. The number of aliphatic hydroxyl groups is 1. The van der Waals surface area contributed by atoms with Crippen molar-refractivity contribution in [2.24, 2.45) is 0 Å². The third kappa shape index (κ3) is 2.93. The number of nitrogens with one attached hydrogen (secondary N) is 3. The van der Waals surface area contributed by atoms with Gasteiger partial charge in [-0.1, -0.05) is 0 Å². The van der Waals surface area contributed by atoms with Gasteiger partial charge in [0.1, 0.15) is 5.70 Å². The molecule has 1 saturated carbocycles. The predicted octanol–water partition coefficient (Wildman–Crippen LogP) is -0.160. The average molecular weight is 384 g/mol. The van der Waals surface area contributed by atoms with Crippen LogP contribution in [0.2, 0.25) is 0 Å². The van der Waals surface area contributed by atoms with E-state index in [1.165, 1.54) is 0 Å². The molecule has 2 saturated heterocycles. The molecule has 5 rings (SSSR count). The number of rotatable bonds is 5. The van der Waals surface area contributed by atoms with Crippen LogP contribution in [0.15, 0.2) is 11.9 Å². The molecule has 1 atom stereocenters. The van der Waals surface area contributed by atoms with Crippen molar-refractivity contribution in [3.63, 3.8) is 0 Å². The molecule has 4 N–H and O–H groups in total. The first kappa shape index (κ1) is 16.9. The standard InChI is InChI=1S/C17H20N8O3/c26-8-11-2-1-5-24(11)15-21-13-9(6-12-14(27)22-17(28)20-12)7-18-25(13)16(23-15)19-10-3-4-10/h6-7,10-11,26H,1-5,8H2,(H,19,21,23)(H2,20,22,27,28)/b12-6-/t11-/m0/s1. The van der Waals surface area contributed by atoms with Crippen molar-refractivity contribution in [3.8, 4) is 0 Å². The molecule has 0 aromatic carbocycles. The van der Waals surface area contributed by atoms with Crippen LogP contribution in [0.5, 0.6) is 0 Å². The molecule has 3 amide bonds. The van der Waals surface area contributed by atoms with E-state index in [1.807, 2.05) is 4.90 Å². The molecule has 0 spiro atoms. The lowest BCUT2D eigenvalue weighted by atomic mass is 10.2. The Morgan fingerprint density at radius 3 is 2.82 bits per heavy atom. The maximum Gasteiger partial charge on any atom is 0.326 e. The van der Waals surface area contributed by atoms with Crippen LogP contribution in [0.4, 0.5) is 16.7 Å². The molecule has 2 aromatic heterocycles. The van der Waals surface area contributed by atoms with Crippen molar-refractivity contribution in [2.75, 3.05) is 23.4 Å². The summed E-state index contributed by atoms with van der Waals surface area (Å²) in [6.07, 6.45) is 7.15. The van der Waals surface area contributed by atoms with Gasteiger partial charge in [-0.3, -0.25) is 10.1 Å². The van der Waals surface area contributed by atoms with Crippen molar-refractivity contribution in [1.29, 1.82) is 0 Å². The number of urea groups is 1. The van der Waals surface area contributed by atoms with Gasteiger partial charge in [0.25, 0.3) is 5.91 Å². The van der Waals surface area contributed by atoms with Gasteiger partial charge < -0.3 is 20.6 Å². The molecule has 3 aliphatic rings. The van der Waals surface area contributed by atoms with Gasteiger partial charge in [-0.2, -0.15) is 19.6 Å². The lowest BCUT2D eigenvalue weighted by Gasteiger charge is -2.23. The van der Waals surface area contributed by atoms with Gasteiger partial charge >= 0.3 is 6.03 Å². The number of hydrogen-bond acceptors (Lipinski definition) is 8. The second-order valence-corrected chi connectivity index (χ2v) is 7.24. The second-order valence-electron chi connectivity index (χ2n) is 7.24. The van der Waals surface area contributed by atoms with Crippen molar-refractivity contribution >= 4 is 35.6 Å². The van der Waals surface area contributed by atoms with Crippen LogP contribution >= 0.6 is 0 Å². The van der Waals surface area contributed by atoms with E-state index in [4.69, 9.17) is 0 Å². The molecule has 4 heterocycles. The monoisotopic (exact) mass is 384 g/mol. The van der Waals surface area contributed by atoms with Gasteiger partial charge in [0.05, 0.1) is 18.8 Å². The fraction of sp³-hybridized carbons (Fsp3) is 0.471. The molecule has 11 heteroatoms. The minimum Gasteiger partial charge on any atom is -0.394 e. The quantitative estimate of drug-likeness (QED) is 0.412. The van der Waals surface area contributed by atoms with Gasteiger partial charge in [-0.25, -0.2) is 4.79 Å². The third-order valence-electron chi connectivity index (χ3n) is 5.16. The lowest BCUT2D eigenvalue weighted by molar-refractivity contribution is -0.115. The summed E-state index contributed by atoms with van der Waals surface area (Å²) in [5.74, 6) is 0.609. The number of amides is 3. The highest BCUT2D eigenvalue weighted by atomic mass is 16.3. The zero-order chi connectivity index (χ0) is 19.3. The van der Waals surface area contributed by atoms with Crippen LogP contribution in [0.3, 0.4) is 0 Å². The molecule has 0 bridgehead atoms. The van der Waals surface area contributed by atoms with E-state index in [2.05, 4.69) is 31.0 Å². The fourth-order valence-electron chi connectivity index (χ4n) is 3.54. The van der Waals surface area contributed by atoms with Crippen LogP contribution in [0.25, 0.3) is 11.7 Å². The summed E-state index contributed by atoms with van der Waals surface area (Å²) in [7, 11) is 0. The average Bonchev–Trinajstić information content (AvgIpc) is 3.08. The Kier molecular flexibility index (Phi) is 3.90. The second kappa shape index (κ2) is 6.44. The van der Waals surface area contributed by atoms with E-state index >= 15 is 0 Å². The maximum atomic E-state index is 11.9. The number of imide groups is 1. The lowest BCUT2D eigenvalue weighted by Crippen LogP contribution is -2.34. The highest BCUT2D eigenvalue weighted by molar-refractivity contribution is 6.14. The minimum atomic E-state index is -0.554. The molecule has 28 heavy (non-hydrogen) atoms. The topological polar surface area (TPSA) is 137 Å². The summed E-state index contributed by atoms with van der Waals surface area (Å²) in [5.41, 5.74) is 1.26. The molecule has 0 radical (unpaired) electrons. The van der Waals surface area contributed by atoms with E-state index in [0.717, 1.165) is 32.2 Å². The highest BCUT2D eigenvalue weighted by Crippen LogP contribution is 2.28. The maximum absolute atomic E-state index is 11.9. The number of carbonyl (C=O) groups excluding carboxylic acids is 2.